The van der Waals surface area contributed by atoms with E-state index in [1.54, 1.807) is 0 Å². The predicted octanol–water partition coefficient (Wildman–Crippen LogP) is 0.590. The number of aromatic nitrogens is 2. The van der Waals surface area contributed by atoms with Crippen LogP contribution >= 0.6 is 0 Å². The molecule has 1 atom stereocenters. The second-order valence-corrected chi connectivity index (χ2v) is 2.67. The topological polar surface area (TPSA) is 30.4 Å². The largest absolute Gasteiger partial charge is 0.371 e. The van der Waals surface area contributed by atoms with Gasteiger partial charge in [0.25, 0.3) is 0 Å². The minimum absolute atomic E-state index is 0.452. The Morgan fingerprint density at radius 1 is 1.90 bits per heavy atom. The molecule has 0 amide bonds. The molecule has 1 aromatic heterocycles. The van der Waals surface area contributed by atoms with Gasteiger partial charge in [-0.3, -0.25) is 0 Å². The molecule has 1 aliphatic heterocycles. The van der Waals surface area contributed by atoms with Gasteiger partial charge >= 0.3 is 0 Å². The van der Waals surface area contributed by atoms with Crippen molar-refractivity contribution in [2.75, 3.05) is 6.61 Å². The van der Waals surface area contributed by atoms with Gasteiger partial charge in [0, 0.05) is 6.20 Å². The van der Waals surface area contributed by atoms with Crippen molar-refractivity contribution in [2.45, 2.75) is 19.6 Å². The van der Waals surface area contributed by atoms with Gasteiger partial charge < -0.3 is 9.30 Å². The highest BCUT2D eigenvalue weighted by Crippen LogP contribution is 2.11. The lowest BCUT2D eigenvalue weighted by Crippen LogP contribution is -2.00. The lowest BCUT2D eigenvalue weighted by atomic mass is 10.5. The fourth-order valence-corrected chi connectivity index (χ4v) is 0.980. The molecule has 10 heavy (non-hydrogen) atoms. The summed E-state index contributed by atoms with van der Waals surface area (Å²) in [5.74, 6) is 0. The van der Waals surface area contributed by atoms with E-state index in [9.17, 15) is 0 Å². The zero-order valence-corrected chi connectivity index (χ0v) is 5.95. The Morgan fingerprint density at radius 3 is 3.20 bits per heavy atom. The third-order valence-electron chi connectivity index (χ3n) is 1.58. The molecule has 3 nitrogen and oxygen atoms in total. The smallest absolute Gasteiger partial charge is 0.0988 e. The predicted molar refractivity (Wildman–Crippen MR) is 36.7 cm³/mol. The van der Waals surface area contributed by atoms with Gasteiger partial charge in [-0.1, -0.05) is 0 Å². The maximum Gasteiger partial charge on any atom is 0.0988 e. The molecule has 0 saturated carbocycles. The lowest BCUT2D eigenvalue weighted by Gasteiger charge is -1.93. The average Bonchev–Trinajstić information content (AvgIpc) is 2.59. The number of ether oxygens (including phenoxy) is 1. The number of aryl methyl sites for hydroxylation is 1. The molecular formula is C7H10N2O. The number of epoxide rings is 1. The third kappa shape index (κ3) is 1.19. The van der Waals surface area contributed by atoms with Crippen LogP contribution in [0, 0.1) is 6.92 Å². The summed E-state index contributed by atoms with van der Waals surface area (Å²) in [6.45, 7) is 3.86. The van der Waals surface area contributed by atoms with Crippen LogP contribution in [0.25, 0.3) is 0 Å². The van der Waals surface area contributed by atoms with Crippen molar-refractivity contribution in [2.24, 2.45) is 0 Å². The first kappa shape index (κ1) is 5.92. The third-order valence-corrected chi connectivity index (χ3v) is 1.58. The molecule has 2 heterocycles. The van der Waals surface area contributed by atoms with Crippen molar-refractivity contribution in [3.8, 4) is 0 Å². The molecule has 0 aromatic carbocycles. The molecule has 54 valence electrons. The summed E-state index contributed by atoms with van der Waals surface area (Å²) in [5, 5.41) is 0. The minimum atomic E-state index is 0.452. The molecule has 0 radical (unpaired) electrons. The SMILES string of the molecule is Cc1cn(CC2CO2)cn1. The number of hydrogen-bond donors (Lipinski definition) is 0. The second-order valence-electron chi connectivity index (χ2n) is 2.67. The second kappa shape index (κ2) is 2.09. The monoisotopic (exact) mass is 138 g/mol. The van der Waals surface area contributed by atoms with Crippen molar-refractivity contribution in [1.82, 2.24) is 9.55 Å². The molecule has 0 aliphatic carbocycles. The van der Waals surface area contributed by atoms with Gasteiger partial charge in [0.15, 0.2) is 0 Å². The summed E-state index contributed by atoms with van der Waals surface area (Å²) in [6, 6.07) is 0. The van der Waals surface area contributed by atoms with Gasteiger partial charge in [0.2, 0.25) is 0 Å². The zero-order valence-electron chi connectivity index (χ0n) is 5.95. The van der Waals surface area contributed by atoms with E-state index in [1.807, 2.05) is 19.4 Å². The highest BCUT2D eigenvalue weighted by Gasteiger charge is 2.22. The van der Waals surface area contributed by atoms with E-state index in [4.69, 9.17) is 4.74 Å². The van der Waals surface area contributed by atoms with Crippen LogP contribution in [-0.4, -0.2) is 22.3 Å². The zero-order chi connectivity index (χ0) is 6.97. The standard InChI is InChI=1S/C7H10N2O/c1-6-2-9(5-8-6)3-7-4-10-7/h2,5,7H,3-4H2,1H3. The van der Waals surface area contributed by atoms with Gasteiger partial charge in [-0.05, 0) is 6.92 Å². The fraction of sp³-hybridized carbons (Fsp3) is 0.571. The number of hydrogen-bond acceptors (Lipinski definition) is 2. The van der Waals surface area contributed by atoms with Crippen LogP contribution < -0.4 is 0 Å². The molecule has 1 aliphatic rings. The summed E-state index contributed by atoms with van der Waals surface area (Å²) in [5.41, 5.74) is 1.07. The van der Waals surface area contributed by atoms with Crippen LogP contribution in [-0.2, 0) is 11.3 Å². The molecule has 1 unspecified atom stereocenters. The molecular weight excluding hydrogens is 128 g/mol. The number of nitrogens with zero attached hydrogens (tertiary/aromatic N) is 2. The maximum absolute atomic E-state index is 5.07. The van der Waals surface area contributed by atoms with Crippen molar-refractivity contribution in [1.29, 1.82) is 0 Å². The summed E-state index contributed by atoms with van der Waals surface area (Å²) in [4.78, 5) is 4.10. The fourth-order valence-electron chi connectivity index (χ4n) is 0.980. The van der Waals surface area contributed by atoms with Gasteiger partial charge in [0.1, 0.15) is 0 Å². The molecule has 0 spiro atoms. The molecule has 0 N–H and O–H groups in total. The molecule has 1 fully saturated rings. The number of rotatable bonds is 2. The van der Waals surface area contributed by atoms with Crippen LogP contribution in [0.3, 0.4) is 0 Å². The van der Waals surface area contributed by atoms with Gasteiger partial charge in [0.05, 0.1) is 31.3 Å². The Kier molecular flexibility index (Phi) is 1.24. The molecule has 2 rings (SSSR count). The first-order valence-electron chi connectivity index (χ1n) is 3.44. The van der Waals surface area contributed by atoms with Crippen LogP contribution in [0.4, 0.5) is 0 Å². The maximum atomic E-state index is 5.07. The Balaban J connectivity index is 2.03. The van der Waals surface area contributed by atoms with E-state index in [2.05, 4.69) is 9.55 Å². The summed E-state index contributed by atoms with van der Waals surface area (Å²) >= 11 is 0. The molecule has 3 heteroatoms. The molecule has 1 aromatic rings. The van der Waals surface area contributed by atoms with Crippen LogP contribution in [0.15, 0.2) is 12.5 Å². The quantitative estimate of drug-likeness (QED) is 0.560. The molecule has 1 saturated heterocycles. The van der Waals surface area contributed by atoms with Crippen molar-refractivity contribution >= 4 is 0 Å². The van der Waals surface area contributed by atoms with E-state index in [0.29, 0.717) is 6.10 Å². The number of imidazole rings is 1. The summed E-state index contributed by atoms with van der Waals surface area (Å²) in [6.07, 6.45) is 4.33. The average molecular weight is 138 g/mol. The van der Waals surface area contributed by atoms with Crippen LogP contribution in [0.2, 0.25) is 0 Å². The first-order valence-corrected chi connectivity index (χ1v) is 3.44. The van der Waals surface area contributed by atoms with E-state index in [-0.39, 0.29) is 0 Å². The Bertz CT molecular complexity index is 227. The van der Waals surface area contributed by atoms with Crippen LogP contribution in [0.1, 0.15) is 5.69 Å². The van der Waals surface area contributed by atoms with E-state index >= 15 is 0 Å². The van der Waals surface area contributed by atoms with Crippen LogP contribution in [0.5, 0.6) is 0 Å². The minimum Gasteiger partial charge on any atom is -0.371 e. The first-order chi connectivity index (χ1) is 4.84. The van der Waals surface area contributed by atoms with Gasteiger partial charge in [-0.25, -0.2) is 4.98 Å². The Morgan fingerprint density at radius 2 is 2.70 bits per heavy atom. The Hall–Kier alpha value is -0.830. The summed E-state index contributed by atoms with van der Waals surface area (Å²) in [7, 11) is 0. The highest BCUT2D eigenvalue weighted by molar-refractivity contribution is 4.93. The van der Waals surface area contributed by atoms with Gasteiger partial charge in [-0.2, -0.15) is 0 Å². The van der Waals surface area contributed by atoms with E-state index < -0.39 is 0 Å². The van der Waals surface area contributed by atoms with Crippen molar-refractivity contribution < 1.29 is 4.74 Å². The van der Waals surface area contributed by atoms with Crippen molar-refractivity contribution in [3.05, 3.63) is 18.2 Å². The highest BCUT2D eigenvalue weighted by atomic mass is 16.6. The normalized spacial score (nSPS) is 23.1. The van der Waals surface area contributed by atoms with E-state index in [1.165, 1.54) is 0 Å². The van der Waals surface area contributed by atoms with E-state index in [0.717, 1.165) is 18.8 Å². The summed E-state index contributed by atoms with van der Waals surface area (Å²) < 4.78 is 7.14. The lowest BCUT2D eigenvalue weighted by molar-refractivity contribution is 0.383. The Labute approximate surface area is 59.6 Å². The van der Waals surface area contributed by atoms with Gasteiger partial charge in [-0.15, -0.1) is 0 Å². The van der Waals surface area contributed by atoms with Crippen molar-refractivity contribution in [3.63, 3.8) is 0 Å². The molecule has 0 bridgehead atoms.